The molecule has 4 atom stereocenters. The van der Waals surface area contributed by atoms with Crippen molar-refractivity contribution in [2.24, 2.45) is 0 Å². The van der Waals surface area contributed by atoms with Gasteiger partial charge in [-0.05, 0) is 77.0 Å². The SMILES string of the molecule is CCCCCCCCC/C=C/CC/C=C/CCCC(O)C(O)C(CO)NC(=O)C(O)CCCCCCCC/C=C\CCCCCCCCCC. The van der Waals surface area contributed by atoms with E-state index in [1.165, 1.54) is 122 Å². The smallest absolute Gasteiger partial charge is 0.249 e. The topological polar surface area (TPSA) is 110 Å². The lowest BCUT2D eigenvalue weighted by Crippen LogP contribution is -2.53. The first-order valence-electron chi connectivity index (χ1n) is 21.4. The molecule has 0 aromatic rings. The molecule has 50 heavy (non-hydrogen) atoms. The standard InChI is InChI=1S/C44H83NO5/c1-3-5-7-9-11-13-15-17-19-21-22-24-26-28-30-32-34-36-38-42(48)44(50)45-40(39-46)43(49)41(47)37-35-33-31-29-27-25-23-20-18-16-14-12-10-8-6-4-2/h20-23,29,31,40-43,46-49H,3-19,24-28,30,32-39H2,1-2H3,(H,45,50)/b22-21-,23-20+,31-29+. The predicted molar refractivity (Wildman–Crippen MR) is 214 cm³/mol. The molecule has 5 N–H and O–H groups in total. The Morgan fingerprint density at radius 3 is 1.26 bits per heavy atom. The summed E-state index contributed by atoms with van der Waals surface area (Å²) in [5.41, 5.74) is 0. The molecule has 4 unspecified atom stereocenters. The van der Waals surface area contributed by atoms with Gasteiger partial charge in [0.15, 0.2) is 0 Å². The van der Waals surface area contributed by atoms with Gasteiger partial charge in [-0.2, -0.15) is 0 Å². The lowest BCUT2D eigenvalue weighted by Gasteiger charge is -2.27. The van der Waals surface area contributed by atoms with Crippen LogP contribution in [0.3, 0.4) is 0 Å². The highest BCUT2D eigenvalue weighted by molar-refractivity contribution is 5.80. The zero-order chi connectivity index (χ0) is 36.8. The Kier molecular flexibility index (Phi) is 37.6. The number of aliphatic hydroxyl groups is 4. The van der Waals surface area contributed by atoms with Crippen molar-refractivity contribution >= 4 is 5.91 Å². The maximum Gasteiger partial charge on any atom is 0.249 e. The Labute approximate surface area is 309 Å². The van der Waals surface area contributed by atoms with Gasteiger partial charge in [0, 0.05) is 0 Å². The highest BCUT2D eigenvalue weighted by Crippen LogP contribution is 2.14. The monoisotopic (exact) mass is 706 g/mol. The van der Waals surface area contributed by atoms with Crippen LogP contribution in [0.4, 0.5) is 0 Å². The maximum atomic E-state index is 12.5. The quantitative estimate of drug-likeness (QED) is 0.0324. The zero-order valence-corrected chi connectivity index (χ0v) is 32.9. The number of rotatable bonds is 38. The summed E-state index contributed by atoms with van der Waals surface area (Å²) in [7, 11) is 0. The van der Waals surface area contributed by atoms with Gasteiger partial charge in [0.05, 0.1) is 18.8 Å². The summed E-state index contributed by atoms with van der Waals surface area (Å²) < 4.78 is 0. The van der Waals surface area contributed by atoms with Crippen molar-refractivity contribution < 1.29 is 25.2 Å². The molecular weight excluding hydrogens is 622 g/mol. The minimum Gasteiger partial charge on any atom is -0.394 e. The number of allylic oxidation sites excluding steroid dienone is 6. The fraction of sp³-hybridized carbons (Fsp3) is 0.841. The molecule has 0 fully saturated rings. The van der Waals surface area contributed by atoms with Crippen LogP contribution in [0.2, 0.25) is 0 Å². The molecule has 0 saturated heterocycles. The first-order chi connectivity index (χ1) is 24.5. The highest BCUT2D eigenvalue weighted by Gasteiger charge is 2.28. The molecule has 6 nitrogen and oxygen atoms in total. The molecule has 0 bridgehead atoms. The summed E-state index contributed by atoms with van der Waals surface area (Å²) in [6.07, 6.45) is 44.5. The van der Waals surface area contributed by atoms with Gasteiger partial charge in [-0.1, -0.05) is 166 Å². The number of unbranched alkanes of at least 4 members (excludes halogenated alkanes) is 23. The molecule has 6 heteroatoms. The normalized spacial score (nSPS) is 14.6. The summed E-state index contributed by atoms with van der Waals surface area (Å²) >= 11 is 0. The van der Waals surface area contributed by atoms with Gasteiger partial charge < -0.3 is 25.7 Å². The minimum absolute atomic E-state index is 0.353. The molecule has 1 amide bonds. The van der Waals surface area contributed by atoms with Gasteiger partial charge >= 0.3 is 0 Å². The van der Waals surface area contributed by atoms with Crippen molar-refractivity contribution in [1.82, 2.24) is 5.32 Å². The molecule has 0 radical (unpaired) electrons. The van der Waals surface area contributed by atoms with Gasteiger partial charge in [-0.3, -0.25) is 4.79 Å². The Bertz CT molecular complexity index is 797. The number of carbonyl (C=O) groups excluding carboxylic acids is 1. The molecular formula is C44H83NO5. The van der Waals surface area contributed by atoms with E-state index in [1.807, 2.05) is 0 Å². The van der Waals surface area contributed by atoms with Crippen LogP contribution in [0.15, 0.2) is 36.5 Å². The zero-order valence-electron chi connectivity index (χ0n) is 32.9. The van der Waals surface area contributed by atoms with Crippen LogP contribution in [-0.4, -0.2) is 57.3 Å². The molecule has 294 valence electrons. The second kappa shape index (κ2) is 38.8. The van der Waals surface area contributed by atoms with Crippen LogP contribution in [0, 0.1) is 0 Å². The summed E-state index contributed by atoms with van der Waals surface area (Å²) in [6, 6.07) is -1.01. The largest absolute Gasteiger partial charge is 0.394 e. The maximum absolute atomic E-state index is 12.5. The fourth-order valence-corrected chi connectivity index (χ4v) is 6.35. The van der Waals surface area contributed by atoms with Crippen LogP contribution in [0.5, 0.6) is 0 Å². The van der Waals surface area contributed by atoms with Crippen molar-refractivity contribution in [3.63, 3.8) is 0 Å². The van der Waals surface area contributed by atoms with E-state index in [0.717, 1.165) is 51.4 Å². The Hall–Kier alpha value is -1.47. The predicted octanol–water partition coefficient (Wildman–Crippen LogP) is 11.0. The van der Waals surface area contributed by atoms with E-state index >= 15 is 0 Å². The molecule has 0 rings (SSSR count). The number of hydrogen-bond donors (Lipinski definition) is 5. The van der Waals surface area contributed by atoms with E-state index in [4.69, 9.17) is 0 Å². The number of nitrogens with one attached hydrogen (secondary N) is 1. The van der Waals surface area contributed by atoms with E-state index in [2.05, 4.69) is 55.6 Å². The Morgan fingerprint density at radius 2 is 0.840 bits per heavy atom. The van der Waals surface area contributed by atoms with Crippen molar-refractivity contribution in [2.45, 2.75) is 231 Å². The van der Waals surface area contributed by atoms with Crippen LogP contribution >= 0.6 is 0 Å². The van der Waals surface area contributed by atoms with Crippen LogP contribution < -0.4 is 5.32 Å². The number of amides is 1. The number of aliphatic hydroxyl groups excluding tert-OH is 4. The van der Waals surface area contributed by atoms with Gasteiger partial charge in [0.2, 0.25) is 5.91 Å². The number of hydrogen-bond acceptors (Lipinski definition) is 5. The van der Waals surface area contributed by atoms with E-state index in [0.29, 0.717) is 19.3 Å². The van der Waals surface area contributed by atoms with E-state index in [-0.39, 0.29) is 0 Å². The molecule has 0 heterocycles. The summed E-state index contributed by atoms with van der Waals surface area (Å²) in [5.74, 6) is -0.603. The van der Waals surface area contributed by atoms with Crippen molar-refractivity contribution in [3.8, 4) is 0 Å². The average molecular weight is 706 g/mol. The van der Waals surface area contributed by atoms with Crippen LogP contribution in [0.1, 0.15) is 206 Å². The molecule has 0 aromatic heterocycles. The summed E-state index contributed by atoms with van der Waals surface area (Å²) in [4.78, 5) is 12.5. The lowest BCUT2D eigenvalue weighted by atomic mass is 10.00. The lowest BCUT2D eigenvalue weighted by molar-refractivity contribution is -0.132. The van der Waals surface area contributed by atoms with Crippen LogP contribution in [0.25, 0.3) is 0 Å². The minimum atomic E-state index is -1.29. The first-order valence-corrected chi connectivity index (χ1v) is 21.4. The fourth-order valence-electron chi connectivity index (χ4n) is 6.35. The van der Waals surface area contributed by atoms with E-state index in [9.17, 15) is 25.2 Å². The van der Waals surface area contributed by atoms with E-state index in [1.54, 1.807) is 0 Å². The van der Waals surface area contributed by atoms with Gasteiger partial charge in [-0.15, -0.1) is 0 Å². The van der Waals surface area contributed by atoms with Crippen molar-refractivity contribution in [3.05, 3.63) is 36.5 Å². The van der Waals surface area contributed by atoms with Gasteiger partial charge in [0.1, 0.15) is 12.2 Å². The molecule has 0 aliphatic rings. The van der Waals surface area contributed by atoms with Crippen molar-refractivity contribution in [2.75, 3.05) is 6.61 Å². The third kappa shape index (κ3) is 32.4. The molecule has 0 aromatic carbocycles. The molecule has 0 saturated carbocycles. The average Bonchev–Trinajstić information content (AvgIpc) is 3.12. The third-order valence-electron chi connectivity index (χ3n) is 9.80. The second-order valence-corrected chi connectivity index (χ2v) is 14.7. The number of carbonyl (C=O) groups is 1. The summed E-state index contributed by atoms with van der Waals surface area (Å²) in [6.45, 7) is 4.02. The first kappa shape index (κ1) is 48.5. The van der Waals surface area contributed by atoms with Gasteiger partial charge in [0.25, 0.3) is 0 Å². The molecule has 0 aliphatic heterocycles. The van der Waals surface area contributed by atoms with Gasteiger partial charge in [-0.25, -0.2) is 0 Å². The molecule has 0 spiro atoms. The van der Waals surface area contributed by atoms with Crippen molar-refractivity contribution in [1.29, 1.82) is 0 Å². The molecule has 0 aliphatic carbocycles. The highest BCUT2D eigenvalue weighted by atomic mass is 16.3. The van der Waals surface area contributed by atoms with E-state index < -0.39 is 36.9 Å². The second-order valence-electron chi connectivity index (χ2n) is 14.7. The Morgan fingerprint density at radius 1 is 0.480 bits per heavy atom. The Balaban J connectivity index is 3.83. The summed E-state index contributed by atoms with van der Waals surface area (Å²) in [5, 5.41) is 43.6. The van der Waals surface area contributed by atoms with Crippen LogP contribution in [-0.2, 0) is 4.79 Å². The third-order valence-corrected chi connectivity index (χ3v) is 9.80.